The second-order valence-electron chi connectivity index (χ2n) is 1.96. The minimum Gasteiger partial charge on any atom is -0.351 e. The molecule has 0 aromatic carbocycles. The number of carbonyl (C=O) groups excluding carboxylic acids is 1. The molecule has 2 N–H and O–H groups in total. The zero-order valence-corrected chi connectivity index (χ0v) is 5.59. The summed E-state index contributed by atoms with van der Waals surface area (Å²) in [5.41, 5.74) is 0.809. The van der Waals surface area contributed by atoms with Gasteiger partial charge in [0.2, 0.25) is 0 Å². The largest absolute Gasteiger partial charge is 0.351 e. The molecule has 1 radical (unpaired) electrons. The lowest BCUT2D eigenvalue weighted by molar-refractivity contribution is 0.528. The highest BCUT2D eigenvalue weighted by molar-refractivity contribution is 5.48. The van der Waals surface area contributed by atoms with Gasteiger partial charge in [0.25, 0.3) is 0 Å². The van der Waals surface area contributed by atoms with Gasteiger partial charge >= 0.3 is 6.41 Å². The fraction of sp³-hybridized carbons (Fsp3) is 0.333. The first-order valence-electron chi connectivity index (χ1n) is 2.96. The van der Waals surface area contributed by atoms with Gasteiger partial charge < -0.3 is 10.3 Å². The lowest BCUT2D eigenvalue weighted by Gasteiger charge is -2.03. The normalized spacial score (nSPS) is 12.5. The quantitative estimate of drug-likeness (QED) is 0.583. The van der Waals surface area contributed by atoms with Gasteiger partial charge in [-0.1, -0.05) is 0 Å². The fourth-order valence-electron chi connectivity index (χ4n) is 0.671. The molecule has 4 heteroatoms. The van der Waals surface area contributed by atoms with Gasteiger partial charge in [-0.3, -0.25) is 4.79 Å². The van der Waals surface area contributed by atoms with Crippen LogP contribution in [0, 0.1) is 0 Å². The molecule has 10 heavy (non-hydrogen) atoms. The maximum atomic E-state index is 9.84. The van der Waals surface area contributed by atoms with E-state index in [2.05, 4.69) is 15.3 Å². The van der Waals surface area contributed by atoms with Crippen LogP contribution in [0.5, 0.6) is 0 Å². The Morgan fingerprint density at radius 3 is 3.20 bits per heavy atom. The zero-order chi connectivity index (χ0) is 7.40. The van der Waals surface area contributed by atoms with Gasteiger partial charge in [0.1, 0.15) is 0 Å². The molecule has 1 unspecified atom stereocenters. The van der Waals surface area contributed by atoms with E-state index < -0.39 is 0 Å². The summed E-state index contributed by atoms with van der Waals surface area (Å²) in [6, 6.07) is -0.0660. The molecule has 0 saturated heterocycles. The number of hydrogen-bond donors (Lipinski definition) is 2. The molecule has 0 aliphatic carbocycles. The lowest BCUT2D eigenvalue weighted by atomic mass is 10.3. The van der Waals surface area contributed by atoms with E-state index in [1.807, 2.05) is 6.92 Å². The molecule has 1 heterocycles. The van der Waals surface area contributed by atoms with Crippen LogP contribution in [0.3, 0.4) is 0 Å². The molecular weight excluding hydrogens is 130 g/mol. The zero-order valence-electron chi connectivity index (χ0n) is 5.59. The topological polar surface area (TPSA) is 57.8 Å². The van der Waals surface area contributed by atoms with E-state index >= 15 is 0 Å². The number of aromatic nitrogens is 2. The van der Waals surface area contributed by atoms with E-state index in [-0.39, 0.29) is 6.04 Å². The Labute approximate surface area is 58.7 Å². The van der Waals surface area contributed by atoms with Crippen LogP contribution in [0.25, 0.3) is 0 Å². The van der Waals surface area contributed by atoms with Crippen LogP contribution in [0.2, 0.25) is 0 Å². The van der Waals surface area contributed by atoms with Crippen molar-refractivity contribution >= 4 is 6.41 Å². The number of imidazole rings is 1. The molecule has 0 saturated carbocycles. The highest BCUT2D eigenvalue weighted by atomic mass is 16.1. The Kier molecular flexibility index (Phi) is 2.04. The predicted molar refractivity (Wildman–Crippen MR) is 35.8 cm³/mol. The number of rotatable bonds is 3. The maximum absolute atomic E-state index is 9.84. The Morgan fingerprint density at radius 1 is 1.90 bits per heavy atom. The van der Waals surface area contributed by atoms with E-state index in [0.717, 1.165) is 5.69 Å². The van der Waals surface area contributed by atoms with Crippen molar-refractivity contribution in [3.8, 4) is 0 Å². The van der Waals surface area contributed by atoms with Gasteiger partial charge in [-0.25, -0.2) is 4.98 Å². The van der Waals surface area contributed by atoms with Crippen molar-refractivity contribution in [2.24, 2.45) is 0 Å². The number of aromatic amines is 1. The molecule has 4 nitrogen and oxygen atoms in total. The molecule has 1 aromatic rings. The number of nitrogens with one attached hydrogen (secondary N) is 2. The minimum absolute atomic E-state index is 0.0660. The molecule has 0 fully saturated rings. The summed E-state index contributed by atoms with van der Waals surface area (Å²) in [5.74, 6) is 0. The molecular formula is C6H8N3O. The molecule has 1 aromatic heterocycles. The van der Waals surface area contributed by atoms with Crippen molar-refractivity contribution in [2.45, 2.75) is 13.0 Å². The summed E-state index contributed by atoms with van der Waals surface area (Å²) in [7, 11) is 0. The van der Waals surface area contributed by atoms with Crippen LogP contribution >= 0.6 is 0 Å². The van der Waals surface area contributed by atoms with Gasteiger partial charge in [-0.05, 0) is 6.92 Å². The van der Waals surface area contributed by atoms with Crippen LogP contribution in [-0.2, 0) is 4.79 Å². The first kappa shape index (κ1) is 6.80. The van der Waals surface area contributed by atoms with E-state index in [1.165, 1.54) is 0 Å². The molecule has 1 rings (SSSR count). The summed E-state index contributed by atoms with van der Waals surface area (Å²) in [4.78, 5) is 16.6. The van der Waals surface area contributed by atoms with E-state index in [9.17, 15) is 4.79 Å². The van der Waals surface area contributed by atoms with Gasteiger partial charge in [0.15, 0.2) is 0 Å². The third-order valence-electron chi connectivity index (χ3n) is 1.24. The van der Waals surface area contributed by atoms with Gasteiger partial charge in [-0.15, -0.1) is 0 Å². The van der Waals surface area contributed by atoms with Crippen molar-refractivity contribution in [2.75, 3.05) is 0 Å². The third-order valence-corrected chi connectivity index (χ3v) is 1.24. The Bertz CT molecular complexity index is 195. The van der Waals surface area contributed by atoms with E-state index in [0.29, 0.717) is 0 Å². The molecule has 0 aliphatic heterocycles. The standard InChI is InChI=1S/C6H8N3O/c1-5(9-4-10)6-2-7-3-8-6/h2-3,5H,1H3,(H,7,8)(H,9,10). The monoisotopic (exact) mass is 138 g/mol. The van der Waals surface area contributed by atoms with Crippen molar-refractivity contribution in [3.05, 3.63) is 18.2 Å². The summed E-state index contributed by atoms with van der Waals surface area (Å²) < 4.78 is 0. The highest BCUT2D eigenvalue weighted by Crippen LogP contribution is 2.04. The fourth-order valence-corrected chi connectivity index (χ4v) is 0.671. The number of H-pyrrole nitrogens is 1. The van der Waals surface area contributed by atoms with Crippen LogP contribution in [-0.4, -0.2) is 16.4 Å². The van der Waals surface area contributed by atoms with Crippen LogP contribution in [0.15, 0.2) is 12.5 Å². The van der Waals surface area contributed by atoms with Crippen LogP contribution in [0.1, 0.15) is 18.7 Å². The van der Waals surface area contributed by atoms with E-state index in [4.69, 9.17) is 0 Å². The highest BCUT2D eigenvalue weighted by Gasteiger charge is 2.03. The average Bonchev–Trinajstić information content (AvgIpc) is 2.38. The number of hydrogen-bond acceptors (Lipinski definition) is 2. The summed E-state index contributed by atoms with van der Waals surface area (Å²) >= 11 is 0. The van der Waals surface area contributed by atoms with Crippen molar-refractivity contribution in [1.82, 2.24) is 15.3 Å². The van der Waals surface area contributed by atoms with Gasteiger partial charge in [0.05, 0.1) is 18.1 Å². The maximum Gasteiger partial charge on any atom is 0.309 e. The Balaban J connectivity index is 2.58. The third kappa shape index (κ3) is 1.34. The second-order valence-corrected chi connectivity index (χ2v) is 1.96. The smallest absolute Gasteiger partial charge is 0.309 e. The SMILES string of the molecule is CC(N[C]=O)c1c[nH]cn1. The van der Waals surface area contributed by atoms with Crippen molar-refractivity contribution < 1.29 is 4.79 Å². The first-order valence-corrected chi connectivity index (χ1v) is 2.96. The molecule has 0 bridgehead atoms. The number of nitrogens with zero attached hydrogens (tertiary/aromatic N) is 1. The van der Waals surface area contributed by atoms with E-state index in [1.54, 1.807) is 18.9 Å². The van der Waals surface area contributed by atoms with Gasteiger partial charge in [0, 0.05) is 6.20 Å². The van der Waals surface area contributed by atoms with Crippen molar-refractivity contribution in [3.63, 3.8) is 0 Å². The van der Waals surface area contributed by atoms with Crippen LogP contribution < -0.4 is 5.32 Å². The molecule has 53 valence electrons. The lowest BCUT2D eigenvalue weighted by Crippen LogP contribution is -2.16. The molecule has 1 atom stereocenters. The predicted octanol–water partition coefficient (Wildman–Crippen LogP) is 0.128. The summed E-state index contributed by atoms with van der Waals surface area (Å²) in [6.45, 7) is 1.83. The molecule has 1 amide bonds. The van der Waals surface area contributed by atoms with Gasteiger partial charge in [-0.2, -0.15) is 0 Å². The first-order chi connectivity index (χ1) is 4.84. The van der Waals surface area contributed by atoms with Crippen LogP contribution in [0.4, 0.5) is 0 Å². The molecule has 0 aliphatic rings. The summed E-state index contributed by atoms with van der Waals surface area (Å²) in [6.07, 6.45) is 4.90. The van der Waals surface area contributed by atoms with Crippen molar-refractivity contribution in [1.29, 1.82) is 0 Å². The number of amides is 1. The minimum atomic E-state index is -0.0660. The summed E-state index contributed by atoms with van der Waals surface area (Å²) in [5, 5.41) is 2.46. The second kappa shape index (κ2) is 3.00. The Morgan fingerprint density at radius 2 is 2.70 bits per heavy atom. The Hall–Kier alpha value is -1.32. The average molecular weight is 138 g/mol. The molecule has 0 spiro atoms.